The highest BCUT2D eigenvalue weighted by Gasteiger charge is 2.28. The molecule has 1 saturated heterocycles. The highest BCUT2D eigenvalue weighted by molar-refractivity contribution is 8.06. The van der Waals surface area contributed by atoms with Crippen molar-refractivity contribution in [3.05, 3.63) is 15.6 Å². The third kappa shape index (κ3) is 4.15. The van der Waals surface area contributed by atoms with Gasteiger partial charge in [0, 0.05) is 28.2 Å². The van der Waals surface area contributed by atoms with Crippen molar-refractivity contribution in [1.29, 1.82) is 0 Å². The van der Waals surface area contributed by atoms with Crippen molar-refractivity contribution in [2.24, 2.45) is 0 Å². The standard InChI is InChI=1S/C15H26N2S3/c1-5-6-16-9-12-13(10(2)3)17-15(20-12)14-11(4)18-7-8-19-14/h10-11,14,16H,5-9H2,1-4H3. The Morgan fingerprint density at radius 1 is 1.30 bits per heavy atom. The normalized spacial score (nSPS) is 23.4. The number of thioether (sulfide) groups is 2. The zero-order valence-electron chi connectivity index (χ0n) is 12.9. The lowest BCUT2D eigenvalue weighted by molar-refractivity contribution is 0.670. The van der Waals surface area contributed by atoms with Crippen molar-refractivity contribution in [3.8, 4) is 0 Å². The zero-order chi connectivity index (χ0) is 14.5. The van der Waals surface area contributed by atoms with E-state index in [2.05, 4.69) is 56.5 Å². The number of nitrogens with zero attached hydrogens (tertiary/aromatic N) is 1. The van der Waals surface area contributed by atoms with Gasteiger partial charge in [-0.15, -0.1) is 23.1 Å². The molecule has 0 aromatic carbocycles. The van der Waals surface area contributed by atoms with Gasteiger partial charge in [0.05, 0.1) is 10.9 Å². The Labute approximate surface area is 135 Å². The highest BCUT2D eigenvalue weighted by atomic mass is 32.2. The van der Waals surface area contributed by atoms with Gasteiger partial charge in [0.1, 0.15) is 5.01 Å². The summed E-state index contributed by atoms with van der Waals surface area (Å²) in [4.78, 5) is 6.46. The van der Waals surface area contributed by atoms with E-state index in [-0.39, 0.29) is 0 Å². The summed E-state index contributed by atoms with van der Waals surface area (Å²) in [7, 11) is 0. The molecule has 0 aliphatic carbocycles. The van der Waals surface area contributed by atoms with Crippen molar-refractivity contribution in [2.75, 3.05) is 18.1 Å². The predicted octanol–water partition coefficient (Wildman–Crippen LogP) is 4.68. The number of hydrogen-bond acceptors (Lipinski definition) is 5. The van der Waals surface area contributed by atoms with Gasteiger partial charge < -0.3 is 5.32 Å². The minimum Gasteiger partial charge on any atom is -0.312 e. The first-order valence-electron chi connectivity index (χ1n) is 7.56. The van der Waals surface area contributed by atoms with Crippen LogP contribution in [0.5, 0.6) is 0 Å². The maximum absolute atomic E-state index is 5.01. The topological polar surface area (TPSA) is 24.9 Å². The first kappa shape index (κ1) is 16.7. The van der Waals surface area contributed by atoms with Crippen molar-refractivity contribution in [2.45, 2.75) is 57.1 Å². The van der Waals surface area contributed by atoms with Crippen LogP contribution in [0, 0.1) is 0 Å². The summed E-state index contributed by atoms with van der Waals surface area (Å²) in [5, 5.41) is 6.17. The number of thiazole rings is 1. The number of rotatable bonds is 6. The minimum atomic E-state index is 0.523. The van der Waals surface area contributed by atoms with Crippen molar-refractivity contribution < 1.29 is 0 Å². The van der Waals surface area contributed by atoms with Crippen LogP contribution < -0.4 is 5.32 Å². The number of nitrogens with one attached hydrogen (secondary N) is 1. The SMILES string of the molecule is CCCNCc1sc(C2SCCSC2C)nc1C(C)C. The fraction of sp³-hybridized carbons (Fsp3) is 0.800. The van der Waals surface area contributed by atoms with Crippen LogP contribution in [-0.2, 0) is 6.54 Å². The van der Waals surface area contributed by atoms with Crippen molar-refractivity contribution >= 4 is 34.9 Å². The van der Waals surface area contributed by atoms with Gasteiger partial charge in [0.15, 0.2) is 0 Å². The lowest BCUT2D eigenvalue weighted by atomic mass is 10.1. The Balaban J connectivity index is 2.15. The molecule has 0 spiro atoms. The average molecular weight is 331 g/mol. The van der Waals surface area contributed by atoms with E-state index in [1.54, 1.807) is 0 Å². The van der Waals surface area contributed by atoms with Gasteiger partial charge in [-0.3, -0.25) is 0 Å². The lowest BCUT2D eigenvalue weighted by Crippen LogP contribution is -2.15. The molecule has 2 atom stereocenters. The van der Waals surface area contributed by atoms with E-state index in [0.29, 0.717) is 16.4 Å². The first-order valence-corrected chi connectivity index (χ1v) is 10.5. The van der Waals surface area contributed by atoms with E-state index >= 15 is 0 Å². The molecule has 1 N–H and O–H groups in total. The monoisotopic (exact) mass is 330 g/mol. The summed E-state index contributed by atoms with van der Waals surface area (Å²) < 4.78 is 0. The summed E-state index contributed by atoms with van der Waals surface area (Å²) in [5.41, 5.74) is 1.32. The van der Waals surface area contributed by atoms with Crippen LogP contribution in [0.25, 0.3) is 0 Å². The molecule has 2 nitrogen and oxygen atoms in total. The van der Waals surface area contributed by atoms with Crippen LogP contribution in [-0.4, -0.2) is 28.3 Å². The van der Waals surface area contributed by atoms with E-state index in [1.165, 1.54) is 33.5 Å². The molecule has 20 heavy (non-hydrogen) atoms. The van der Waals surface area contributed by atoms with Crippen LogP contribution in [0.3, 0.4) is 0 Å². The van der Waals surface area contributed by atoms with Crippen LogP contribution in [0.2, 0.25) is 0 Å². The van der Waals surface area contributed by atoms with E-state index in [4.69, 9.17) is 4.98 Å². The predicted molar refractivity (Wildman–Crippen MR) is 95.3 cm³/mol. The number of aromatic nitrogens is 1. The molecular formula is C15H26N2S3. The molecule has 2 heterocycles. The fourth-order valence-electron chi connectivity index (χ4n) is 2.36. The molecule has 2 unspecified atom stereocenters. The van der Waals surface area contributed by atoms with Gasteiger partial charge in [-0.2, -0.15) is 11.8 Å². The average Bonchev–Trinajstić information content (AvgIpc) is 2.84. The molecule has 0 saturated carbocycles. The van der Waals surface area contributed by atoms with Crippen LogP contribution >= 0.6 is 34.9 Å². The summed E-state index contributed by atoms with van der Waals surface area (Å²) in [6.07, 6.45) is 1.19. The Hall–Kier alpha value is 0.290. The lowest BCUT2D eigenvalue weighted by Gasteiger charge is -2.26. The van der Waals surface area contributed by atoms with Crippen molar-refractivity contribution in [3.63, 3.8) is 0 Å². The second kappa shape index (κ2) is 8.06. The second-order valence-corrected chi connectivity index (χ2v) is 9.41. The third-order valence-electron chi connectivity index (χ3n) is 3.43. The zero-order valence-corrected chi connectivity index (χ0v) is 15.4. The molecule has 0 amide bonds. The maximum atomic E-state index is 5.01. The van der Waals surface area contributed by atoms with Crippen LogP contribution in [0.4, 0.5) is 0 Å². The Kier molecular flexibility index (Phi) is 6.72. The van der Waals surface area contributed by atoms with Crippen LogP contribution in [0.15, 0.2) is 0 Å². The smallest absolute Gasteiger partial charge is 0.107 e. The van der Waals surface area contributed by atoms with Gasteiger partial charge in [-0.05, 0) is 18.9 Å². The molecular weight excluding hydrogens is 304 g/mol. The largest absolute Gasteiger partial charge is 0.312 e. The first-order chi connectivity index (χ1) is 9.63. The molecule has 0 bridgehead atoms. The third-order valence-corrected chi connectivity index (χ3v) is 7.84. The van der Waals surface area contributed by atoms with Crippen molar-refractivity contribution in [1.82, 2.24) is 10.3 Å². The molecule has 114 valence electrons. The van der Waals surface area contributed by atoms with E-state index in [1.807, 2.05) is 11.3 Å². The van der Waals surface area contributed by atoms with E-state index in [0.717, 1.165) is 13.1 Å². The maximum Gasteiger partial charge on any atom is 0.107 e. The molecule has 5 heteroatoms. The van der Waals surface area contributed by atoms with Gasteiger partial charge in [0.25, 0.3) is 0 Å². The summed E-state index contributed by atoms with van der Waals surface area (Å²) in [6.45, 7) is 11.2. The minimum absolute atomic E-state index is 0.523. The second-order valence-electron chi connectivity index (χ2n) is 5.56. The molecule has 1 fully saturated rings. The summed E-state index contributed by atoms with van der Waals surface area (Å²) >= 11 is 6.13. The molecule has 2 rings (SSSR count). The van der Waals surface area contributed by atoms with E-state index in [9.17, 15) is 0 Å². The Morgan fingerprint density at radius 3 is 2.70 bits per heavy atom. The molecule has 1 aliphatic rings. The molecule has 1 aromatic heterocycles. The molecule has 1 aromatic rings. The molecule has 1 aliphatic heterocycles. The summed E-state index contributed by atoms with van der Waals surface area (Å²) in [5.74, 6) is 3.07. The van der Waals surface area contributed by atoms with Gasteiger partial charge >= 0.3 is 0 Å². The molecule has 0 radical (unpaired) electrons. The Morgan fingerprint density at radius 2 is 2.05 bits per heavy atom. The summed E-state index contributed by atoms with van der Waals surface area (Å²) in [6, 6.07) is 0. The highest BCUT2D eigenvalue weighted by Crippen LogP contribution is 2.44. The number of hydrogen-bond donors (Lipinski definition) is 1. The van der Waals surface area contributed by atoms with Gasteiger partial charge in [-0.1, -0.05) is 27.7 Å². The quantitative estimate of drug-likeness (QED) is 0.766. The van der Waals surface area contributed by atoms with Gasteiger partial charge in [-0.25, -0.2) is 4.98 Å². The fourth-order valence-corrected chi connectivity index (χ4v) is 6.71. The van der Waals surface area contributed by atoms with E-state index < -0.39 is 0 Å². The Bertz CT molecular complexity index is 417. The van der Waals surface area contributed by atoms with Gasteiger partial charge in [0.2, 0.25) is 0 Å². The van der Waals surface area contributed by atoms with Crippen LogP contribution in [0.1, 0.15) is 60.9 Å².